The molecule has 0 saturated carbocycles. The Balaban J connectivity index is 0. The fraction of sp³-hybridized carbons (Fsp3) is 0.800. The minimum Gasteiger partial charge on any atom is -1.00 e. The van der Waals surface area contributed by atoms with Crippen LogP contribution in [0.1, 0.15) is 20.3 Å². The molecule has 0 bridgehead atoms. The molecule has 0 aromatic rings. The van der Waals surface area contributed by atoms with E-state index >= 15 is 0 Å². The third kappa shape index (κ3) is 7.33. The number of hydrogen-bond donors (Lipinski definition) is 1. The molecule has 14 heavy (non-hydrogen) atoms. The molecule has 0 aliphatic rings. The van der Waals surface area contributed by atoms with Crippen LogP contribution in [0.25, 0.3) is 0 Å². The standard InChI is InChI=1S/C10H23N2O.ClH/c1-7-10(12(4,5)6)11-13-8-9(2)3;/h10-11H,2,7-8H2,1,3-6H3;1H/q+1;/p-1. The van der Waals surface area contributed by atoms with Gasteiger partial charge >= 0.3 is 0 Å². The van der Waals surface area contributed by atoms with Crippen LogP contribution in [0.3, 0.4) is 0 Å². The van der Waals surface area contributed by atoms with Crippen molar-refractivity contribution in [3.8, 4) is 0 Å². The van der Waals surface area contributed by atoms with Gasteiger partial charge in [-0.2, -0.15) is 0 Å². The van der Waals surface area contributed by atoms with E-state index in [1.165, 1.54) is 0 Å². The smallest absolute Gasteiger partial charge is 0.163 e. The van der Waals surface area contributed by atoms with Gasteiger partial charge in [-0.25, -0.2) is 0 Å². The normalized spacial score (nSPS) is 13.2. The molecule has 0 saturated heterocycles. The van der Waals surface area contributed by atoms with Gasteiger partial charge in [-0.1, -0.05) is 19.1 Å². The highest BCUT2D eigenvalue weighted by molar-refractivity contribution is 4.86. The molecule has 86 valence electrons. The van der Waals surface area contributed by atoms with Gasteiger partial charge in [0.2, 0.25) is 0 Å². The van der Waals surface area contributed by atoms with Crippen molar-refractivity contribution in [3.05, 3.63) is 12.2 Å². The zero-order chi connectivity index (χ0) is 10.5. The Bertz CT molecular complexity index is 166. The first-order valence-corrected chi connectivity index (χ1v) is 4.70. The van der Waals surface area contributed by atoms with E-state index in [-0.39, 0.29) is 12.4 Å². The zero-order valence-corrected chi connectivity index (χ0v) is 10.7. The van der Waals surface area contributed by atoms with Crippen molar-refractivity contribution in [1.29, 1.82) is 0 Å². The van der Waals surface area contributed by atoms with Gasteiger partial charge in [0, 0.05) is 6.42 Å². The summed E-state index contributed by atoms with van der Waals surface area (Å²) in [5.41, 5.74) is 4.08. The van der Waals surface area contributed by atoms with E-state index < -0.39 is 0 Å². The maximum atomic E-state index is 5.31. The molecule has 0 spiro atoms. The second-order valence-electron chi connectivity index (χ2n) is 4.40. The van der Waals surface area contributed by atoms with E-state index in [2.05, 4.69) is 40.1 Å². The summed E-state index contributed by atoms with van der Waals surface area (Å²) >= 11 is 0. The lowest BCUT2D eigenvalue weighted by Gasteiger charge is -2.33. The maximum Gasteiger partial charge on any atom is 0.163 e. The zero-order valence-electron chi connectivity index (χ0n) is 9.93. The van der Waals surface area contributed by atoms with Gasteiger partial charge in [0.05, 0.1) is 27.7 Å². The maximum absolute atomic E-state index is 5.31. The van der Waals surface area contributed by atoms with E-state index in [9.17, 15) is 0 Å². The lowest BCUT2D eigenvalue weighted by molar-refractivity contribution is -0.903. The highest BCUT2D eigenvalue weighted by atomic mass is 35.5. The molecule has 0 heterocycles. The van der Waals surface area contributed by atoms with Crippen molar-refractivity contribution in [3.63, 3.8) is 0 Å². The monoisotopic (exact) mass is 222 g/mol. The van der Waals surface area contributed by atoms with Crippen LogP contribution in [0.15, 0.2) is 12.2 Å². The quantitative estimate of drug-likeness (QED) is 0.257. The van der Waals surface area contributed by atoms with Crippen LogP contribution < -0.4 is 17.9 Å². The molecule has 0 aromatic carbocycles. The van der Waals surface area contributed by atoms with Gasteiger partial charge in [-0.3, -0.25) is 4.84 Å². The van der Waals surface area contributed by atoms with Crippen LogP contribution in [-0.4, -0.2) is 38.4 Å². The number of rotatable bonds is 6. The largest absolute Gasteiger partial charge is 1.00 e. The number of hydroxylamine groups is 1. The predicted octanol–water partition coefficient (Wildman–Crippen LogP) is -1.47. The van der Waals surface area contributed by atoms with Gasteiger partial charge in [0.25, 0.3) is 0 Å². The lowest BCUT2D eigenvalue weighted by Crippen LogP contribution is -3.00. The Kier molecular flexibility index (Phi) is 8.45. The molecule has 0 radical (unpaired) electrons. The van der Waals surface area contributed by atoms with Crippen LogP contribution in [0, 0.1) is 0 Å². The van der Waals surface area contributed by atoms with E-state index in [0.717, 1.165) is 16.5 Å². The van der Waals surface area contributed by atoms with Crippen molar-refractivity contribution >= 4 is 0 Å². The van der Waals surface area contributed by atoms with Crippen LogP contribution in [0.2, 0.25) is 0 Å². The summed E-state index contributed by atoms with van der Waals surface area (Å²) in [6.45, 7) is 8.45. The van der Waals surface area contributed by atoms with Gasteiger partial charge < -0.3 is 16.9 Å². The molecule has 1 unspecified atom stereocenters. The molecule has 1 N–H and O–H groups in total. The highest BCUT2D eigenvalue weighted by Gasteiger charge is 2.20. The average molecular weight is 223 g/mol. The minimum atomic E-state index is 0. The molecule has 0 aliphatic carbocycles. The number of halogens is 1. The Morgan fingerprint density at radius 2 is 1.93 bits per heavy atom. The Morgan fingerprint density at radius 3 is 2.21 bits per heavy atom. The first-order valence-electron chi connectivity index (χ1n) is 4.70. The summed E-state index contributed by atoms with van der Waals surface area (Å²) in [4.78, 5) is 5.31. The summed E-state index contributed by atoms with van der Waals surface area (Å²) in [6.07, 6.45) is 1.37. The second kappa shape index (κ2) is 7.23. The summed E-state index contributed by atoms with van der Waals surface area (Å²) in [6, 6.07) is 0. The molecule has 0 fully saturated rings. The summed E-state index contributed by atoms with van der Waals surface area (Å²) in [5, 5.41) is 0. The van der Waals surface area contributed by atoms with Crippen molar-refractivity contribution in [1.82, 2.24) is 5.48 Å². The third-order valence-electron chi connectivity index (χ3n) is 1.86. The fourth-order valence-corrected chi connectivity index (χ4v) is 1.05. The topological polar surface area (TPSA) is 21.3 Å². The highest BCUT2D eigenvalue weighted by Crippen LogP contribution is 2.03. The van der Waals surface area contributed by atoms with Gasteiger partial charge in [-0.15, -0.1) is 5.48 Å². The van der Waals surface area contributed by atoms with Crippen LogP contribution in [0.4, 0.5) is 0 Å². The molecule has 0 aliphatic heterocycles. The second-order valence-corrected chi connectivity index (χ2v) is 4.40. The van der Waals surface area contributed by atoms with Gasteiger partial charge in [-0.05, 0) is 6.92 Å². The Labute approximate surface area is 94.1 Å². The molecular weight excluding hydrogens is 200 g/mol. The first kappa shape index (κ1) is 16.3. The van der Waals surface area contributed by atoms with Crippen molar-refractivity contribution in [2.45, 2.75) is 26.4 Å². The average Bonchev–Trinajstić information content (AvgIpc) is 1.95. The number of nitrogens with zero attached hydrogens (tertiary/aromatic N) is 1. The van der Waals surface area contributed by atoms with Gasteiger partial charge in [0.15, 0.2) is 6.17 Å². The third-order valence-corrected chi connectivity index (χ3v) is 1.86. The molecule has 0 amide bonds. The van der Waals surface area contributed by atoms with Crippen LogP contribution >= 0.6 is 0 Å². The first-order chi connectivity index (χ1) is 5.88. The molecule has 0 rings (SSSR count). The van der Waals surface area contributed by atoms with E-state index in [4.69, 9.17) is 4.84 Å². The van der Waals surface area contributed by atoms with E-state index in [1.807, 2.05) is 6.92 Å². The van der Waals surface area contributed by atoms with Crippen molar-refractivity contribution in [2.24, 2.45) is 0 Å². The van der Waals surface area contributed by atoms with Crippen molar-refractivity contribution in [2.75, 3.05) is 27.7 Å². The lowest BCUT2D eigenvalue weighted by atomic mass is 10.3. The molecular formula is C10H23ClN2O. The number of nitrogens with one attached hydrogen (secondary N) is 1. The van der Waals surface area contributed by atoms with Crippen molar-refractivity contribution < 1.29 is 21.7 Å². The summed E-state index contributed by atoms with van der Waals surface area (Å²) in [7, 11) is 6.43. The van der Waals surface area contributed by atoms with E-state index in [1.54, 1.807) is 0 Å². The molecule has 1 atom stereocenters. The number of hydrogen-bond acceptors (Lipinski definition) is 2. The number of quaternary nitrogens is 1. The summed E-state index contributed by atoms with van der Waals surface area (Å²) < 4.78 is 0.854. The SMILES string of the molecule is C=C(C)CONC(CC)[N+](C)(C)C.[Cl-]. The fourth-order valence-electron chi connectivity index (χ4n) is 1.05. The summed E-state index contributed by atoms with van der Waals surface area (Å²) in [5.74, 6) is 0. The molecule has 0 aromatic heterocycles. The molecule has 3 nitrogen and oxygen atoms in total. The molecule has 4 heteroatoms. The van der Waals surface area contributed by atoms with Crippen LogP contribution in [0.5, 0.6) is 0 Å². The van der Waals surface area contributed by atoms with Crippen LogP contribution in [-0.2, 0) is 4.84 Å². The minimum absolute atomic E-state index is 0. The predicted molar refractivity (Wildman–Crippen MR) is 56.0 cm³/mol. The Morgan fingerprint density at radius 1 is 1.43 bits per heavy atom. The van der Waals surface area contributed by atoms with E-state index in [0.29, 0.717) is 12.8 Å². The van der Waals surface area contributed by atoms with Gasteiger partial charge in [0.1, 0.15) is 0 Å². The Hall–Kier alpha value is -0.0900.